The van der Waals surface area contributed by atoms with Gasteiger partial charge in [0.1, 0.15) is 5.76 Å². The molecule has 2 N–H and O–H groups in total. The van der Waals surface area contributed by atoms with E-state index in [1.54, 1.807) is 23.1 Å². The second-order valence-corrected chi connectivity index (χ2v) is 9.20. The maximum atomic E-state index is 12.6. The maximum absolute atomic E-state index is 12.6. The van der Waals surface area contributed by atoms with Gasteiger partial charge < -0.3 is 14.6 Å². The molecule has 1 aliphatic rings. The van der Waals surface area contributed by atoms with Crippen LogP contribution in [0.15, 0.2) is 76.2 Å². The van der Waals surface area contributed by atoms with Gasteiger partial charge in [-0.1, -0.05) is 18.2 Å². The molecule has 3 aromatic rings. The lowest BCUT2D eigenvalue weighted by Gasteiger charge is -2.16. The molecule has 0 saturated carbocycles. The van der Waals surface area contributed by atoms with Gasteiger partial charge in [-0.25, -0.2) is 13.1 Å². The van der Waals surface area contributed by atoms with E-state index in [0.717, 1.165) is 24.2 Å². The zero-order chi connectivity index (χ0) is 22.6. The van der Waals surface area contributed by atoms with Crippen LogP contribution in [0.5, 0.6) is 0 Å². The highest BCUT2D eigenvalue weighted by atomic mass is 32.2. The van der Waals surface area contributed by atoms with E-state index < -0.39 is 10.0 Å². The number of hydrogen-bond donors (Lipinski definition) is 2. The Kier molecular flexibility index (Phi) is 6.38. The van der Waals surface area contributed by atoms with E-state index in [-0.39, 0.29) is 35.4 Å². The van der Waals surface area contributed by atoms with Crippen molar-refractivity contribution < 1.29 is 22.4 Å². The van der Waals surface area contributed by atoms with Crippen LogP contribution in [0, 0.1) is 0 Å². The highest BCUT2D eigenvalue weighted by Gasteiger charge is 2.21. The summed E-state index contributed by atoms with van der Waals surface area (Å²) in [6.07, 6.45) is 2.91. The molecule has 32 heavy (non-hydrogen) atoms. The van der Waals surface area contributed by atoms with Crippen molar-refractivity contribution in [2.45, 2.75) is 30.8 Å². The van der Waals surface area contributed by atoms with Crippen LogP contribution >= 0.6 is 0 Å². The van der Waals surface area contributed by atoms with Gasteiger partial charge in [-0.15, -0.1) is 0 Å². The van der Waals surface area contributed by atoms with Gasteiger partial charge in [-0.2, -0.15) is 0 Å². The first-order valence-electron chi connectivity index (χ1n) is 10.2. The standard InChI is InChI=1S/C23H23N3O5S/c27-22-7-2-12-26(22)19-10-8-17(9-11-19)15-24-23(28)18-4-1-6-21(14-18)32(29,30)25-16-20-5-3-13-31-20/h1,3-6,8-11,13-14,25H,2,7,12,15-16H2,(H,24,28). The van der Waals surface area contributed by atoms with Gasteiger partial charge in [0.05, 0.1) is 17.7 Å². The summed E-state index contributed by atoms with van der Waals surface area (Å²) in [5.41, 5.74) is 1.96. The normalized spacial score (nSPS) is 14.0. The number of carbonyl (C=O) groups excluding carboxylic acids is 2. The lowest BCUT2D eigenvalue weighted by Crippen LogP contribution is -2.25. The fourth-order valence-corrected chi connectivity index (χ4v) is 4.51. The van der Waals surface area contributed by atoms with Crippen molar-refractivity contribution in [1.82, 2.24) is 10.0 Å². The largest absolute Gasteiger partial charge is 0.468 e. The molecule has 2 heterocycles. The summed E-state index contributed by atoms with van der Waals surface area (Å²) >= 11 is 0. The zero-order valence-electron chi connectivity index (χ0n) is 17.3. The molecular weight excluding hydrogens is 430 g/mol. The molecule has 2 aromatic carbocycles. The fraction of sp³-hybridized carbons (Fsp3) is 0.217. The lowest BCUT2D eigenvalue weighted by molar-refractivity contribution is -0.117. The average Bonchev–Trinajstić information content (AvgIpc) is 3.48. The monoisotopic (exact) mass is 453 g/mol. The minimum absolute atomic E-state index is 0.00339. The molecule has 4 rings (SSSR count). The summed E-state index contributed by atoms with van der Waals surface area (Å²) in [4.78, 5) is 26.2. The smallest absolute Gasteiger partial charge is 0.251 e. The Balaban J connectivity index is 1.37. The van der Waals surface area contributed by atoms with Crippen LogP contribution in [0.4, 0.5) is 5.69 Å². The topological polar surface area (TPSA) is 109 Å². The van der Waals surface area contributed by atoms with Crippen LogP contribution in [0.25, 0.3) is 0 Å². The third kappa shape index (κ3) is 5.06. The summed E-state index contributed by atoms with van der Waals surface area (Å²) in [6, 6.07) is 16.6. The van der Waals surface area contributed by atoms with Crippen LogP contribution in [0.3, 0.4) is 0 Å². The molecule has 2 amide bonds. The van der Waals surface area contributed by atoms with E-state index in [1.807, 2.05) is 24.3 Å². The highest BCUT2D eigenvalue weighted by molar-refractivity contribution is 7.89. The van der Waals surface area contributed by atoms with Crippen molar-refractivity contribution >= 4 is 27.5 Å². The first-order valence-corrected chi connectivity index (χ1v) is 11.7. The number of rotatable bonds is 8. The van der Waals surface area contributed by atoms with Crippen molar-refractivity contribution in [3.8, 4) is 0 Å². The molecule has 0 bridgehead atoms. The number of benzene rings is 2. The van der Waals surface area contributed by atoms with Crippen molar-refractivity contribution in [2.24, 2.45) is 0 Å². The first kappa shape index (κ1) is 21.8. The average molecular weight is 454 g/mol. The third-order valence-electron chi connectivity index (χ3n) is 5.20. The van der Waals surface area contributed by atoms with E-state index in [2.05, 4.69) is 10.0 Å². The van der Waals surface area contributed by atoms with E-state index in [9.17, 15) is 18.0 Å². The molecule has 1 saturated heterocycles. The molecule has 166 valence electrons. The molecular formula is C23H23N3O5S. The number of furan rings is 1. The molecule has 0 spiro atoms. The van der Waals surface area contributed by atoms with Crippen molar-refractivity contribution in [1.29, 1.82) is 0 Å². The molecule has 1 aliphatic heterocycles. The van der Waals surface area contributed by atoms with E-state index in [0.29, 0.717) is 12.2 Å². The molecule has 1 fully saturated rings. The zero-order valence-corrected chi connectivity index (χ0v) is 18.1. The van der Waals surface area contributed by atoms with Gasteiger partial charge in [0, 0.05) is 30.8 Å². The predicted octanol–water partition coefficient (Wildman–Crippen LogP) is 2.81. The summed E-state index contributed by atoms with van der Waals surface area (Å²) < 4.78 is 32.7. The van der Waals surface area contributed by atoms with Gasteiger partial charge in [-0.05, 0) is 54.4 Å². The van der Waals surface area contributed by atoms with Crippen molar-refractivity contribution in [2.75, 3.05) is 11.4 Å². The number of hydrogen-bond acceptors (Lipinski definition) is 5. The lowest BCUT2D eigenvalue weighted by atomic mass is 10.1. The summed E-state index contributed by atoms with van der Waals surface area (Å²) in [5.74, 6) is 0.231. The van der Waals surface area contributed by atoms with Crippen LogP contribution in [-0.4, -0.2) is 26.8 Å². The fourth-order valence-electron chi connectivity index (χ4n) is 3.47. The minimum atomic E-state index is -3.80. The van der Waals surface area contributed by atoms with Crippen LogP contribution in [0.2, 0.25) is 0 Å². The molecule has 9 heteroatoms. The predicted molar refractivity (Wildman–Crippen MR) is 118 cm³/mol. The van der Waals surface area contributed by atoms with Crippen LogP contribution in [-0.2, 0) is 27.9 Å². The van der Waals surface area contributed by atoms with Gasteiger partial charge in [0.2, 0.25) is 15.9 Å². The number of carbonyl (C=O) groups is 2. The Morgan fingerprint density at radius 3 is 2.53 bits per heavy atom. The van der Waals surface area contributed by atoms with Crippen LogP contribution in [0.1, 0.15) is 34.5 Å². The Morgan fingerprint density at radius 1 is 1.03 bits per heavy atom. The second kappa shape index (κ2) is 9.37. The summed E-state index contributed by atoms with van der Waals surface area (Å²) in [5, 5.41) is 2.80. The van der Waals surface area contributed by atoms with Gasteiger partial charge in [-0.3, -0.25) is 9.59 Å². The van der Waals surface area contributed by atoms with Crippen molar-refractivity contribution in [3.05, 3.63) is 83.8 Å². The SMILES string of the molecule is O=C(NCc1ccc(N2CCCC2=O)cc1)c1cccc(S(=O)(=O)NCc2ccco2)c1. The Morgan fingerprint density at radius 2 is 1.84 bits per heavy atom. The van der Waals surface area contributed by atoms with Gasteiger partial charge in [0.25, 0.3) is 5.91 Å². The third-order valence-corrected chi connectivity index (χ3v) is 6.60. The Labute approximate surface area is 186 Å². The number of amides is 2. The Bertz CT molecular complexity index is 1200. The second-order valence-electron chi connectivity index (χ2n) is 7.43. The van der Waals surface area contributed by atoms with Crippen molar-refractivity contribution in [3.63, 3.8) is 0 Å². The number of nitrogens with zero attached hydrogens (tertiary/aromatic N) is 1. The van der Waals surface area contributed by atoms with Gasteiger partial charge in [0.15, 0.2) is 0 Å². The summed E-state index contributed by atoms with van der Waals surface area (Å²) in [6.45, 7) is 1.02. The molecule has 0 atom stereocenters. The molecule has 1 aromatic heterocycles. The number of nitrogens with one attached hydrogen (secondary N) is 2. The number of sulfonamides is 1. The molecule has 0 unspecified atom stereocenters. The molecule has 0 radical (unpaired) electrons. The van der Waals surface area contributed by atoms with Gasteiger partial charge >= 0.3 is 0 Å². The quantitative estimate of drug-likeness (QED) is 0.545. The summed E-state index contributed by atoms with van der Waals surface area (Å²) in [7, 11) is -3.80. The van der Waals surface area contributed by atoms with E-state index in [1.165, 1.54) is 24.5 Å². The maximum Gasteiger partial charge on any atom is 0.251 e. The van der Waals surface area contributed by atoms with E-state index >= 15 is 0 Å². The highest BCUT2D eigenvalue weighted by Crippen LogP contribution is 2.21. The molecule has 0 aliphatic carbocycles. The molecule has 8 nitrogen and oxygen atoms in total. The minimum Gasteiger partial charge on any atom is -0.468 e. The number of anilines is 1. The van der Waals surface area contributed by atoms with E-state index in [4.69, 9.17) is 4.42 Å². The van der Waals surface area contributed by atoms with Crippen LogP contribution < -0.4 is 14.9 Å². The Hall–Kier alpha value is -3.43. The first-order chi connectivity index (χ1) is 15.4.